The lowest BCUT2D eigenvalue weighted by molar-refractivity contribution is -0.139. The molecule has 0 saturated heterocycles. The van der Waals surface area contributed by atoms with Crippen LogP contribution in [-0.2, 0) is 9.53 Å². The fourth-order valence-corrected chi connectivity index (χ4v) is 2.63. The van der Waals surface area contributed by atoms with Gasteiger partial charge in [0.1, 0.15) is 12.4 Å². The molecule has 5 nitrogen and oxygen atoms in total. The maximum atomic E-state index is 12.3. The lowest BCUT2D eigenvalue weighted by Gasteiger charge is -2.30. The number of ether oxygens (including phenoxy) is 2. The number of benzene rings is 1. The van der Waals surface area contributed by atoms with E-state index >= 15 is 0 Å². The van der Waals surface area contributed by atoms with Crippen molar-refractivity contribution in [1.29, 1.82) is 0 Å². The number of allylic oxidation sites excluding steroid dienone is 1. The summed E-state index contributed by atoms with van der Waals surface area (Å²) < 4.78 is 10.7. The van der Waals surface area contributed by atoms with E-state index in [1.807, 2.05) is 31.2 Å². The van der Waals surface area contributed by atoms with Gasteiger partial charge in [-0.15, -0.1) is 0 Å². The van der Waals surface area contributed by atoms with Gasteiger partial charge in [-0.1, -0.05) is 24.8 Å². The van der Waals surface area contributed by atoms with E-state index in [9.17, 15) is 4.79 Å². The van der Waals surface area contributed by atoms with Crippen LogP contribution in [0.4, 0.5) is 0 Å². The quantitative estimate of drug-likeness (QED) is 0.474. The SMILES string of the molecule is C=CCOc1cccc([C@@H]2NC(=S)NC(C)=C2C(=O)OCC)c1. The molecular weight excluding hydrogens is 312 g/mol. The van der Waals surface area contributed by atoms with Crippen LogP contribution in [-0.4, -0.2) is 24.3 Å². The molecular formula is C17H20N2O3S. The van der Waals surface area contributed by atoms with Gasteiger partial charge in [0.2, 0.25) is 0 Å². The Bertz CT molecular complexity index is 655. The summed E-state index contributed by atoms with van der Waals surface area (Å²) in [5.41, 5.74) is 2.08. The maximum Gasteiger partial charge on any atom is 0.338 e. The number of hydrogen-bond donors (Lipinski definition) is 2. The third kappa shape index (κ3) is 4.10. The molecule has 0 saturated carbocycles. The summed E-state index contributed by atoms with van der Waals surface area (Å²) in [6.07, 6.45) is 1.68. The van der Waals surface area contributed by atoms with Crippen LogP contribution >= 0.6 is 12.2 Å². The summed E-state index contributed by atoms with van der Waals surface area (Å²) in [7, 11) is 0. The molecule has 0 aromatic heterocycles. The van der Waals surface area contributed by atoms with Gasteiger partial charge < -0.3 is 20.1 Å². The van der Waals surface area contributed by atoms with Crippen LogP contribution in [0.2, 0.25) is 0 Å². The molecule has 0 aliphatic carbocycles. The Hall–Kier alpha value is -2.34. The fraction of sp³-hybridized carbons (Fsp3) is 0.294. The molecule has 0 fully saturated rings. The average Bonchev–Trinajstić information content (AvgIpc) is 2.52. The first-order valence-corrected chi connectivity index (χ1v) is 7.76. The topological polar surface area (TPSA) is 59.6 Å². The largest absolute Gasteiger partial charge is 0.490 e. The molecule has 0 amide bonds. The standard InChI is InChI=1S/C17H20N2O3S/c1-4-9-22-13-8-6-7-12(10-13)15-14(16(20)21-5-2)11(3)18-17(23)19-15/h4,6-8,10,15H,1,5,9H2,2-3H3,(H2,18,19,23)/t15-/m0/s1. The number of carbonyl (C=O) groups is 1. The lowest BCUT2D eigenvalue weighted by Crippen LogP contribution is -2.45. The van der Waals surface area contributed by atoms with E-state index in [1.165, 1.54) is 0 Å². The minimum absolute atomic E-state index is 0.315. The van der Waals surface area contributed by atoms with Crippen LogP contribution in [0.15, 0.2) is 48.2 Å². The number of esters is 1. The Labute approximate surface area is 141 Å². The van der Waals surface area contributed by atoms with E-state index < -0.39 is 0 Å². The molecule has 0 radical (unpaired) electrons. The zero-order chi connectivity index (χ0) is 16.8. The molecule has 1 heterocycles. The van der Waals surface area contributed by atoms with Gasteiger partial charge in [0.25, 0.3) is 0 Å². The summed E-state index contributed by atoms with van der Waals surface area (Å²) >= 11 is 5.21. The summed E-state index contributed by atoms with van der Waals surface area (Å²) in [4.78, 5) is 12.3. The van der Waals surface area contributed by atoms with Gasteiger partial charge in [0.05, 0.1) is 18.2 Å². The van der Waals surface area contributed by atoms with Crippen molar-refractivity contribution in [2.45, 2.75) is 19.9 Å². The van der Waals surface area contributed by atoms with Crippen molar-refractivity contribution in [1.82, 2.24) is 10.6 Å². The van der Waals surface area contributed by atoms with Crippen LogP contribution < -0.4 is 15.4 Å². The summed E-state index contributed by atoms with van der Waals surface area (Å²) in [6, 6.07) is 7.14. The Morgan fingerprint density at radius 2 is 2.26 bits per heavy atom. The average molecular weight is 332 g/mol. The minimum Gasteiger partial charge on any atom is -0.490 e. The van der Waals surface area contributed by atoms with Crippen molar-refractivity contribution in [3.05, 3.63) is 53.8 Å². The van der Waals surface area contributed by atoms with E-state index in [2.05, 4.69) is 17.2 Å². The van der Waals surface area contributed by atoms with Crippen LogP contribution in [0.5, 0.6) is 5.75 Å². The zero-order valence-corrected chi connectivity index (χ0v) is 14.0. The van der Waals surface area contributed by atoms with E-state index in [-0.39, 0.29) is 12.0 Å². The van der Waals surface area contributed by atoms with Gasteiger partial charge in [-0.05, 0) is 43.8 Å². The Kier molecular flexibility index (Phi) is 5.76. The Morgan fingerprint density at radius 3 is 2.96 bits per heavy atom. The second-order valence-electron chi connectivity index (χ2n) is 4.96. The molecule has 0 spiro atoms. The van der Waals surface area contributed by atoms with Crippen LogP contribution in [0.3, 0.4) is 0 Å². The molecule has 1 aliphatic heterocycles. The van der Waals surface area contributed by atoms with Gasteiger partial charge in [-0.3, -0.25) is 0 Å². The van der Waals surface area contributed by atoms with Crippen molar-refractivity contribution >= 4 is 23.3 Å². The van der Waals surface area contributed by atoms with Gasteiger partial charge in [0, 0.05) is 5.70 Å². The van der Waals surface area contributed by atoms with Gasteiger partial charge in [-0.2, -0.15) is 0 Å². The molecule has 2 N–H and O–H groups in total. The number of carbonyl (C=O) groups excluding carboxylic acids is 1. The molecule has 1 aliphatic rings. The van der Waals surface area contributed by atoms with E-state index in [0.717, 1.165) is 5.56 Å². The third-order valence-electron chi connectivity index (χ3n) is 3.32. The van der Waals surface area contributed by atoms with E-state index in [4.69, 9.17) is 21.7 Å². The molecule has 1 aromatic rings. The smallest absolute Gasteiger partial charge is 0.338 e. The highest BCUT2D eigenvalue weighted by molar-refractivity contribution is 7.80. The number of thiocarbonyl (C=S) groups is 1. The van der Waals surface area contributed by atoms with Crippen LogP contribution in [0, 0.1) is 0 Å². The lowest BCUT2D eigenvalue weighted by atomic mass is 9.95. The molecule has 2 rings (SSSR count). The number of nitrogens with one attached hydrogen (secondary N) is 2. The van der Waals surface area contributed by atoms with Gasteiger partial charge in [-0.25, -0.2) is 4.79 Å². The molecule has 1 aromatic carbocycles. The molecule has 23 heavy (non-hydrogen) atoms. The molecule has 1 atom stereocenters. The first-order chi connectivity index (χ1) is 11.1. The van der Waals surface area contributed by atoms with Crippen LogP contribution in [0.1, 0.15) is 25.5 Å². The van der Waals surface area contributed by atoms with Crippen LogP contribution in [0.25, 0.3) is 0 Å². The predicted octanol–water partition coefficient (Wildman–Crippen LogP) is 2.61. The highest BCUT2D eigenvalue weighted by atomic mass is 32.1. The van der Waals surface area contributed by atoms with Crippen molar-refractivity contribution in [2.75, 3.05) is 13.2 Å². The summed E-state index contributed by atoms with van der Waals surface area (Å²) in [5, 5.41) is 6.56. The van der Waals surface area contributed by atoms with Gasteiger partial charge >= 0.3 is 5.97 Å². The van der Waals surface area contributed by atoms with E-state index in [1.54, 1.807) is 13.0 Å². The second-order valence-corrected chi connectivity index (χ2v) is 5.37. The monoisotopic (exact) mass is 332 g/mol. The number of rotatable bonds is 6. The maximum absolute atomic E-state index is 12.3. The summed E-state index contributed by atoms with van der Waals surface area (Å²) in [5.74, 6) is 0.337. The Morgan fingerprint density at radius 1 is 1.48 bits per heavy atom. The molecule has 6 heteroatoms. The minimum atomic E-state index is -0.380. The molecule has 0 bridgehead atoms. The predicted molar refractivity (Wildman–Crippen MR) is 93.1 cm³/mol. The Balaban J connectivity index is 2.37. The first kappa shape index (κ1) is 17.0. The highest BCUT2D eigenvalue weighted by Gasteiger charge is 2.30. The van der Waals surface area contributed by atoms with E-state index in [0.29, 0.717) is 35.3 Å². The first-order valence-electron chi connectivity index (χ1n) is 7.35. The van der Waals surface area contributed by atoms with Crippen molar-refractivity contribution in [2.24, 2.45) is 0 Å². The molecule has 0 unspecified atom stereocenters. The summed E-state index contributed by atoms with van der Waals surface area (Å²) in [6.45, 7) is 7.95. The van der Waals surface area contributed by atoms with Crippen molar-refractivity contribution in [3.8, 4) is 5.75 Å². The molecule has 122 valence electrons. The fourth-order valence-electron chi connectivity index (χ4n) is 2.36. The van der Waals surface area contributed by atoms with Crippen molar-refractivity contribution in [3.63, 3.8) is 0 Å². The normalized spacial score (nSPS) is 17.1. The van der Waals surface area contributed by atoms with Crippen molar-refractivity contribution < 1.29 is 14.3 Å². The van der Waals surface area contributed by atoms with Gasteiger partial charge in [0.15, 0.2) is 5.11 Å². The zero-order valence-electron chi connectivity index (χ0n) is 13.2. The third-order valence-corrected chi connectivity index (χ3v) is 3.54. The second kappa shape index (κ2) is 7.78. The highest BCUT2D eigenvalue weighted by Crippen LogP contribution is 2.29. The number of hydrogen-bond acceptors (Lipinski definition) is 4.